The van der Waals surface area contributed by atoms with Gasteiger partial charge in [0.15, 0.2) is 6.61 Å². The second-order valence-electron chi connectivity index (χ2n) is 7.79. The van der Waals surface area contributed by atoms with Crippen LogP contribution >= 0.6 is 11.3 Å². The topological polar surface area (TPSA) is 117 Å². The molecule has 34 heavy (non-hydrogen) atoms. The van der Waals surface area contributed by atoms with Crippen LogP contribution in [0.3, 0.4) is 0 Å². The number of rotatable bonds is 7. The van der Waals surface area contributed by atoms with Gasteiger partial charge >= 0.3 is 11.9 Å². The van der Waals surface area contributed by atoms with E-state index in [-0.39, 0.29) is 12.2 Å². The summed E-state index contributed by atoms with van der Waals surface area (Å²) in [6.07, 6.45) is 6.56. The number of nitrogens with zero attached hydrogens (tertiary/aromatic N) is 2. The zero-order valence-corrected chi connectivity index (χ0v) is 19.8. The maximum absolute atomic E-state index is 12.8. The number of carbonyl (C=O) groups is 3. The van der Waals surface area contributed by atoms with Gasteiger partial charge in [-0.15, -0.1) is 11.3 Å². The van der Waals surface area contributed by atoms with Gasteiger partial charge in [-0.3, -0.25) is 9.59 Å². The minimum atomic E-state index is -0.899. The molecule has 0 aromatic carbocycles. The maximum Gasteiger partial charge on any atom is 0.344 e. The Morgan fingerprint density at radius 1 is 1.15 bits per heavy atom. The molecule has 9 nitrogen and oxygen atoms in total. The highest BCUT2D eigenvalue weighted by Crippen LogP contribution is 2.38. The highest BCUT2D eigenvalue weighted by Gasteiger charge is 2.27. The van der Waals surface area contributed by atoms with Crippen LogP contribution in [0.1, 0.15) is 57.8 Å². The average molecular weight is 484 g/mol. The van der Waals surface area contributed by atoms with E-state index in [9.17, 15) is 19.2 Å². The number of nitrogens with one attached hydrogen (secondary N) is 1. The molecule has 0 bridgehead atoms. The summed E-state index contributed by atoms with van der Waals surface area (Å²) in [6, 6.07) is 3.21. The average Bonchev–Trinajstić information content (AvgIpc) is 3.21. The van der Waals surface area contributed by atoms with Gasteiger partial charge < -0.3 is 19.4 Å². The summed E-state index contributed by atoms with van der Waals surface area (Å²) in [6.45, 7) is 3.71. The van der Waals surface area contributed by atoms with Crippen molar-refractivity contribution in [1.29, 1.82) is 0 Å². The predicted octanol–water partition coefficient (Wildman–Crippen LogP) is 3.33. The number of aryl methyl sites for hydroxylation is 2. The molecule has 178 valence electrons. The summed E-state index contributed by atoms with van der Waals surface area (Å²) >= 11 is 1.35. The van der Waals surface area contributed by atoms with Crippen molar-refractivity contribution in [3.05, 3.63) is 56.3 Å². The third kappa shape index (κ3) is 4.58. The van der Waals surface area contributed by atoms with Crippen LogP contribution in [0.15, 0.2) is 29.3 Å². The van der Waals surface area contributed by atoms with Crippen molar-refractivity contribution in [1.82, 2.24) is 9.55 Å². The third-order valence-corrected chi connectivity index (χ3v) is 6.84. The maximum atomic E-state index is 12.8. The van der Waals surface area contributed by atoms with Crippen molar-refractivity contribution in [2.75, 3.05) is 18.5 Å². The zero-order valence-electron chi connectivity index (χ0n) is 19.0. The molecule has 0 aliphatic heterocycles. The molecule has 0 unspecified atom stereocenters. The molecule has 3 heterocycles. The lowest BCUT2D eigenvalue weighted by Gasteiger charge is -2.12. The van der Waals surface area contributed by atoms with Gasteiger partial charge in [0, 0.05) is 23.8 Å². The first-order valence-corrected chi connectivity index (χ1v) is 12.0. The molecule has 0 spiro atoms. The highest BCUT2D eigenvalue weighted by atomic mass is 32.1. The highest BCUT2D eigenvalue weighted by molar-refractivity contribution is 7.17. The molecule has 3 aromatic heterocycles. The first-order chi connectivity index (χ1) is 16.4. The Kier molecular flexibility index (Phi) is 7.06. The Morgan fingerprint density at radius 3 is 2.71 bits per heavy atom. The quantitative estimate of drug-likeness (QED) is 0.512. The molecular weight excluding hydrogens is 458 g/mol. The van der Waals surface area contributed by atoms with Gasteiger partial charge in [-0.2, -0.15) is 0 Å². The molecular formula is C24H25N3O6S. The van der Waals surface area contributed by atoms with E-state index in [1.165, 1.54) is 17.5 Å². The summed E-state index contributed by atoms with van der Waals surface area (Å²) in [5.41, 5.74) is 1.10. The molecule has 0 atom stereocenters. The Morgan fingerprint density at radius 2 is 1.94 bits per heavy atom. The van der Waals surface area contributed by atoms with E-state index in [4.69, 9.17) is 9.47 Å². The lowest BCUT2D eigenvalue weighted by atomic mass is 9.95. The zero-order chi connectivity index (χ0) is 24.2. The van der Waals surface area contributed by atoms with Crippen LogP contribution in [0.25, 0.3) is 11.0 Å². The number of aromatic nitrogens is 2. The predicted molar refractivity (Wildman–Crippen MR) is 128 cm³/mol. The molecule has 0 fully saturated rings. The summed E-state index contributed by atoms with van der Waals surface area (Å²) in [5.74, 6) is -1.97. The lowest BCUT2D eigenvalue weighted by Crippen LogP contribution is -2.25. The standard InChI is InChI=1S/C24H25N3O6S/c1-3-27-12-16(20(29)15-9-7-11-25-21(15)27)23(30)33-13-18(28)26-22-19(24(31)32-4-2)14-8-5-6-10-17(14)34-22/h7,9,11-12H,3-6,8,10,13H2,1-2H3,(H,26,28). The number of fused-ring (bicyclic) bond motifs is 2. The molecule has 1 aliphatic rings. The molecule has 1 amide bonds. The van der Waals surface area contributed by atoms with E-state index >= 15 is 0 Å². The van der Waals surface area contributed by atoms with Crippen LogP contribution < -0.4 is 10.7 Å². The van der Waals surface area contributed by atoms with E-state index in [0.717, 1.165) is 36.1 Å². The SMILES string of the molecule is CCOC(=O)c1c(NC(=O)COC(=O)c2cn(CC)c3ncccc3c2=O)sc2c1CCCC2. The summed E-state index contributed by atoms with van der Waals surface area (Å²) < 4.78 is 12.0. The monoisotopic (exact) mass is 483 g/mol. The van der Waals surface area contributed by atoms with Gasteiger partial charge in [-0.1, -0.05) is 0 Å². The normalized spacial score (nSPS) is 12.8. The Balaban J connectivity index is 1.51. The van der Waals surface area contributed by atoms with Crippen molar-refractivity contribution in [3.8, 4) is 0 Å². The van der Waals surface area contributed by atoms with Gasteiger partial charge in [-0.25, -0.2) is 14.6 Å². The first kappa shape index (κ1) is 23.6. The molecule has 1 N–H and O–H groups in total. The van der Waals surface area contributed by atoms with Crippen LogP contribution in [0, 0.1) is 0 Å². The summed E-state index contributed by atoms with van der Waals surface area (Å²) in [7, 11) is 0. The van der Waals surface area contributed by atoms with Crippen LogP contribution in [-0.2, 0) is 33.7 Å². The molecule has 4 rings (SSSR count). The van der Waals surface area contributed by atoms with E-state index in [1.54, 1.807) is 29.8 Å². The second kappa shape index (κ2) is 10.2. The van der Waals surface area contributed by atoms with Crippen LogP contribution in [0.4, 0.5) is 5.00 Å². The van der Waals surface area contributed by atoms with Crippen LogP contribution in [0.2, 0.25) is 0 Å². The van der Waals surface area contributed by atoms with Gasteiger partial charge in [0.05, 0.1) is 17.6 Å². The number of amides is 1. The summed E-state index contributed by atoms with van der Waals surface area (Å²) in [4.78, 5) is 55.8. The number of pyridine rings is 2. The van der Waals surface area contributed by atoms with Gasteiger partial charge in [-0.05, 0) is 57.2 Å². The fraction of sp³-hybridized carbons (Fsp3) is 0.375. The summed E-state index contributed by atoms with van der Waals surface area (Å²) in [5, 5.41) is 3.39. The fourth-order valence-corrected chi connectivity index (χ4v) is 5.35. The number of thiophene rings is 1. The number of hydrogen-bond acceptors (Lipinski definition) is 8. The largest absolute Gasteiger partial charge is 0.462 e. The van der Waals surface area contributed by atoms with Gasteiger partial charge in [0.2, 0.25) is 5.43 Å². The smallest absolute Gasteiger partial charge is 0.344 e. The Labute approximate surface area is 199 Å². The number of esters is 2. The van der Waals surface area contributed by atoms with Gasteiger partial charge in [0.1, 0.15) is 16.2 Å². The van der Waals surface area contributed by atoms with Crippen LogP contribution in [0.5, 0.6) is 0 Å². The van der Waals surface area contributed by atoms with Gasteiger partial charge in [0.25, 0.3) is 5.91 Å². The molecule has 1 aliphatic carbocycles. The van der Waals surface area contributed by atoms with Crippen molar-refractivity contribution in [2.24, 2.45) is 0 Å². The van der Waals surface area contributed by atoms with Crippen LogP contribution in [-0.4, -0.2) is 40.6 Å². The Hall–Kier alpha value is -3.53. The molecule has 10 heteroatoms. The van der Waals surface area contributed by atoms with E-state index < -0.39 is 29.9 Å². The van der Waals surface area contributed by atoms with Crippen molar-refractivity contribution in [3.63, 3.8) is 0 Å². The van der Waals surface area contributed by atoms with Crippen molar-refractivity contribution < 1.29 is 23.9 Å². The number of anilines is 1. The van der Waals surface area contributed by atoms with Crippen molar-refractivity contribution >= 4 is 45.2 Å². The molecule has 0 saturated carbocycles. The molecule has 0 saturated heterocycles. The minimum absolute atomic E-state index is 0.172. The number of hydrogen-bond donors (Lipinski definition) is 1. The van der Waals surface area contributed by atoms with Crippen molar-refractivity contribution in [2.45, 2.75) is 46.1 Å². The number of carbonyl (C=O) groups excluding carboxylic acids is 3. The van der Waals surface area contributed by atoms with E-state index in [0.29, 0.717) is 28.1 Å². The fourth-order valence-electron chi connectivity index (χ4n) is 4.05. The molecule has 3 aromatic rings. The molecule has 0 radical (unpaired) electrons. The van der Waals surface area contributed by atoms with E-state index in [2.05, 4.69) is 10.3 Å². The Bertz CT molecular complexity index is 1330. The lowest BCUT2D eigenvalue weighted by molar-refractivity contribution is -0.119. The third-order valence-electron chi connectivity index (χ3n) is 5.63. The van der Waals surface area contributed by atoms with E-state index in [1.807, 2.05) is 6.92 Å². The minimum Gasteiger partial charge on any atom is -0.462 e. The first-order valence-electron chi connectivity index (χ1n) is 11.2. The number of ether oxygens (including phenoxy) is 2. The second-order valence-corrected chi connectivity index (χ2v) is 8.90.